The number of rotatable bonds is 10. The summed E-state index contributed by atoms with van der Waals surface area (Å²) in [6.45, 7) is 2.89. The molecule has 1 heterocycles. The van der Waals surface area contributed by atoms with Gasteiger partial charge in [0, 0.05) is 42.0 Å². The van der Waals surface area contributed by atoms with Gasteiger partial charge < -0.3 is 16.4 Å². The summed E-state index contributed by atoms with van der Waals surface area (Å²) in [4.78, 5) is 13.0. The number of nitrogens with one attached hydrogen (secondary N) is 2. The molecular weight excluding hydrogens is 565 g/mol. The van der Waals surface area contributed by atoms with Crippen molar-refractivity contribution in [1.29, 1.82) is 0 Å². The molecule has 2 fully saturated rings. The molecule has 3 aromatic carbocycles. The number of carbonyl (C=O) groups is 1. The van der Waals surface area contributed by atoms with Crippen LogP contribution < -0.4 is 16.4 Å². The molecule has 3 atom stereocenters. The quantitative estimate of drug-likeness (QED) is 0.321. The monoisotopic (exact) mass is 600 g/mol. The zero-order chi connectivity index (χ0) is 30.0. The van der Waals surface area contributed by atoms with Crippen molar-refractivity contribution in [3.63, 3.8) is 0 Å². The minimum Gasteiger partial charge on any atom is -0.324 e. The molecule has 7 nitrogen and oxygen atoms in total. The lowest BCUT2D eigenvalue weighted by molar-refractivity contribution is -0.117. The SMILES string of the molecule is C[C@@H]1CNC[C@H](CCc2c(F)cccc2NC(=O)[C@@H](N)Cc2ccc(-c3cccc(F)c3)c(F)c2)N1S(=O)(=O)C1CC1. The Balaban J connectivity index is 1.25. The van der Waals surface area contributed by atoms with Crippen LogP contribution in [0.3, 0.4) is 0 Å². The Morgan fingerprint density at radius 2 is 1.81 bits per heavy atom. The summed E-state index contributed by atoms with van der Waals surface area (Å²) < 4.78 is 71.2. The second-order valence-corrected chi connectivity index (χ2v) is 13.3. The topological polar surface area (TPSA) is 105 Å². The number of nitrogens with zero attached hydrogens (tertiary/aromatic N) is 1. The fraction of sp³-hybridized carbons (Fsp3) is 0.387. The Labute approximate surface area is 244 Å². The van der Waals surface area contributed by atoms with E-state index in [0.29, 0.717) is 43.5 Å². The van der Waals surface area contributed by atoms with E-state index in [4.69, 9.17) is 5.73 Å². The van der Waals surface area contributed by atoms with Crippen molar-refractivity contribution < 1.29 is 26.4 Å². The number of benzene rings is 3. The average molecular weight is 601 g/mol. The summed E-state index contributed by atoms with van der Waals surface area (Å²) in [5.74, 6) is -2.12. The van der Waals surface area contributed by atoms with E-state index in [0.717, 1.165) is 0 Å². The number of nitrogens with two attached hydrogens (primary N) is 1. The fourth-order valence-electron chi connectivity index (χ4n) is 5.61. The van der Waals surface area contributed by atoms with Crippen molar-refractivity contribution in [3.05, 3.63) is 89.2 Å². The summed E-state index contributed by atoms with van der Waals surface area (Å²) in [7, 11) is -3.43. The predicted molar refractivity (Wildman–Crippen MR) is 157 cm³/mol. The number of carbonyl (C=O) groups excluding carboxylic acids is 1. The Kier molecular flexibility index (Phi) is 9.03. The summed E-state index contributed by atoms with van der Waals surface area (Å²) in [5, 5.41) is 5.64. The molecule has 0 aromatic heterocycles. The number of halogens is 3. The highest BCUT2D eigenvalue weighted by Crippen LogP contribution is 2.35. The van der Waals surface area contributed by atoms with Gasteiger partial charge in [-0.25, -0.2) is 21.6 Å². The molecule has 0 spiro atoms. The van der Waals surface area contributed by atoms with Crippen molar-refractivity contribution >= 4 is 21.6 Å². The molecule has 5 rings (SSSR count). The van der Waals surface area contributed by atoms with Gasteiger partial charge >= 0.3 is 0 Å². The van der Waals surface area contributed by atoms with Crippen LogP contribution in [0.25, 0.3) is 11.1 Å². The van der Waals surface area contributed by atoms with Crippen molar-refractivity contribution in [2.24, 2.45) is 5.73 Å². The first-order valence-electron chi connectivity index (χ1n) is 14.2. The normalized spacial score (nSPS) is 20.3. The van der Waals surface area contributed by atoms with Crippen LogP contribution in [0.1, 0.15) is 37.3 Å². The van der Waals surface area contributed by atoms with Crippen LogP contribution in [0.2, 0.25) is 0 Å². The highest BCUT2D eigenvalue weighted by atomic mass is 32.2. The maximum atomic E-state index is 15.0. The van der Waals surface area contributed by atoms with Crippen LogP contribution in [0.15, 0.2) is 60.7 Å². The highest BCUT2D eigenvalue weighted by molar-refractivity contribution is 7.90. The zero-order valence-corrected chi connectivity index (χ0v) is 24.1. The number of anilines is 1. The van der Waals surface area contributed by atoms with Crippen LogP contribution in [-0.4, -0.2) is 55.1 Å². The largest absolute Gasteiger partial charge is 0.324 e. The van der Waals surface area contributed by atoms with Gasteiger partial charge in [0.25, 0.3) is 0 Å². The van der Waals surface area contributed by atoms with Crippen molar-refractivity contribution in [2.45, 2.75) is 62.4 Å². The van der Waals surface area contributed by atoms with Crippen LogP contribution in [-0.2, 0) is 27.7 Å². The van der Waals surface area contributed by atoms with Crippen molar-refractivity contribution in [1.82, 2.24) is 9.62 Å². The molecule has 0 unspecified atom stereocenters. The van der Waals surface area contributed by atoms with Gasteiger partial charge in [-0.2, -0.15) is 4.31 Å². The molecular formula is C31H35F3N4O3S. The van der Waals surface area contributed by atoms with E-state index in [9.17, 15) is 22.0 Å². The molecule has 0 bridgehead atoms. The second kappa shape index (κ2) is 12.5. The van der Waals surface area contributed by atoms with Gasteiger partial charge in [-0.15, -0.1) is 0 Å². The van der Waals surface area contributed by atoms with Gasteiger partial charge in [0.2, 0.25) is 15.9 Å². The third kappa shape index (κ3) is 6.70. The van der Waals surface area contributed by atoms with Crippen LogP contribution >= 0.6 is 0 Å². The number of hydrogen-bond acceptors (Lipinski definition) is 5. The van der Waals surface area contributed by atoms with E-state index in [-0.39, 0.29) is 47.0 Å². The molecule has 42 heavy (non-hydrogen) atoms. The van der Waals surface area contributed by atoms with Gasteiger partial charge in [0.1, 0.15) is 17.5 Å². The lowest BCUT2D eigenvalue weighted by Crippen LogP contribution is -2.59. The molecule has 1 saturated carbocycles. The Bertz CT molecular complexity index is 1560. The molecule has 3 aromatic rings. The average Bonchev–Trinajstić information content (AvgIpc) is 3.79. The van der Waals surface area contributed by atoms with E-state index in [1.165, 1.54) is 42.5 Å². The van der Waals surface area contributed by atoms with Gasteiger partial charge in [0.15, 0.2) is 0 Å². The summed E-state index contributed by atoms with van der Waals surface area (Å²) in [5.41, 5.74) is 7.78. The van der Waals surface area contributed by atoms with E-state index < -0.39 is 39.4 Å². The molecule has 224 valence electrons. The Morgan fingerprint density at radius 3 is 2.52 bits per heavy atom. The zero-order valence-electron chi connectivity index (χ0n) is 23.3. The summed E-state index contributed by atoms with van der Waals surface area (Å²) >= 11 is 0. The van der Waals surface area contributed by atoms with Gasteiger partial charge in [-0.3, -0.25) is 4.79 Å². The fourth-order valence-corrected chi connectivity index (χ4v) is 7.86. The minimum atomic E-state index is -3.43. The van der Waals surface area contributed by atoms with E-state index in [1.807, 2.05) is 6.92 Å². The first kappa shape index (κ1) is 30.2. The molecule has 11 heteroatoms. The molecule has 1 amide bonds. The maximum absolute atomic E-state index is 15.0. The van der Waals surface area contributed by atoms with Crippen molar-refractivity contribution in [2.75, 3.05) is 18.4 Å². The first-order chi connectivity index (χ1) is 20.0. The molecule has 0 radical (unpaired) electrons. The third-order valence-corrected chi connectivity index (χ3v) is 10.5. The van der Waals surface area contributed by atoms with E-state index in [1.54, 1.807) is 22.5 Å². The standard InChI is InChI=1S/C31H35F3N4O3S/c1-19-17-36-18-23(38(19)42(40,41)24-10-11-24)9-13-26-27(33)6-3-7-30(26)37-31(39)29(35)15-20-8-12-25(28(34)14-20)21-4-2-5-22(32)16-21/h2-8,12,14,16,19,23-24,29,36H,9-11,13,15,17-18,35H2,1H3,(H,37,39)/t19-,23+,29+/m1/s1. The molecule has 2 aliphatic rings. The third-order valence-electron chi connectivity index (χ3n) is 7.92. The smallest absolute Gasteiger partial charge is 0.241 e. The lowest BCUT2D eigenvalue weighted by atomic mass is 9.99. The second-order valence-electron chi connectivity index (χ2n) is 11.2. The lowest BCUT2D eigenvalue weighted by Gasteiger charge is -2.40. The summed E-state index contributed by atoms with van der Waals surface area (Å²) in [6, 6.07) is 12.8. The Morgan fingerprint density at radius 1 is 1.05 bits per heavy atom. The van der Waals surface area contributed by atoms with Crippen LogP contribution in [0.5, 0.6) is 0 Å². The maximum Gasteiger partial charge on any atom is 0.241 e. The minimum absolute atomic E-state index is 0.0243. The van der Waals surface area contributed by atoms with Crippen LogP contribution in [0.4, 0.5) is 18.9 Å². The first-order valence-corrected chi connectivity index (χ1v) is 15.7. The summed E-state index contributed by atoms with van der Waals surface area (Å²) in [6.07, 6.45) is 1.94. The van der Waals surface area contributed by atoms with Crippen molar-refractivity contribution in [3.8, 4) is 11.1 Å². The highest BCUT2D eigenvalue weighted by Gasteiger charge is 2.45. The van der Waals surface area contributed by atoms with Crippen LogP contribution in [0, 0.1) is 17.5 Å². The predicted octanol–water partition coefficient (Wildman–Crippen LogP) is 4.37. The van der Waals surface area contributed by atoms with Gasteiger partial charge in [-0.1, -0.05) is 30.3 Å². The molecule has 1 aliphatic heterocycles. The van der Waals surface area contributed by atoms with E-state index >= 15 is 4.39 Å². The van der Waals surface area contributed by atoms with E-state index in [2.05, 4.69) is 10.6 Å². The van der Waals surface area contributed by atoms with Gasteiger partial charge in [-0.05, 0) is 80.5 Å². The molecule has 1 aliphatic carbocycles. The number of sulfonamides is 1. The number of piperazine rings is 1. The van der Waals surface area contributed by atoms with Gasteiger partial charge in [0.05, 0.1) is 11.3 Å². The Hall–Kier alpha value is -3.25. The molecule has 1 saturated heterocycles. The number of amides is 1. The molecule has 4 N–H and O–H groups in total. The number of hydrogen-bond donors (Lipinski definition) is 3.